The van der Waals surface area contributed by atoms with E-state index in [1.165, 1.54) is 18.9 Å². The van der Waals surface area contributed by atoms with Crippen LogP contribution < -0.4 is 15.4 Å². The van der Waals surface area contributed by atoms with Gasteiger partial charge >= 0.3 is 0 Å². The maximum absolute atomic E-state index is 12.4. The molecule has 150 valence electrons. The molecule has 5 nitrogen and oxygen atoms in total. The molecule has 0 bridgehead atoms. The second-order valence-electron chi connectivity index (χ2n) is 6.20. The molecule has 2 N–H and O–H groups in total. The van der Waals surface area contributed by atoms with Crippen LogP contribution >= 0.6 is 35.0 Å². The average molecular weight is 441 g/mol. The number of ether oxygens (including phenoxy) is 1. The summed E-state index contributed by atoms with van der Waals surface area (Å²) in [5.41, 5.74) is 2.84. The molecule has 0 aromatic heterocycles. The summed E-state index contributed by atoms with van der Waals surface area (Å²) >= 11 is 13.4. The van der Waals surface area contributed by atoms with Crippen molar-refractivity contribution in [3.8, 4) is 5.75 Å². The van der Waals surface area contributed by atoms with Crippen molar-refractivity contribution in [3.05, 3.63) is 51.5 Å². The largest absolute Gasteiger partial charge is 0.495 e. The molecule has 2 aromatic rings. The third-order valence-corrected chi connectivity index (χ3v) is 6.07. The van der Waals surface area contributed by atoms with Crippen LogP contribution in [0.5, 0.6) is 5.75 Å². The van der Waals surface area contributed by atoms with Crippen LogP contribution in [0.15, 0.2) is 30.3 Å². The normalized spacial score (nSPS) is 11.6. The number of methoxy groups -OCH3 is 1. The lowest BCUT2D eigenvalue weighted by Crippen LogP contribution is -2.25. The zero-order valence-corrected chi connectivity index (χ0v) is 18.4. The highest BCUT2D eigenvalue weighted by Gasteiger charge is 2.17. The number of hydrogen-bond donors (Lipinski definition) is 2. The molecule has 8 heteroatoms. The first-order valence-electron chi connectivity index (χ1n) is 8.54. The van der Waals surface area contributed by atoms with Gasteiger partial charge in [0.2, 0.25) is 11.8 Å². The van der Waals surface area contributed by atoms with Crippen molar-refractivity contribution >= 4 is 58.2 Å². The third-order valence-electron chi connectivity index (χ3n) is 4.11. The zero-order chi connectivity index (χ0) is 20.8. The van der Waals surface area contributed by atoms with Crippen LogP contribution in [0.4, 0.5) is 11.4 Å². The molecule has 0 aliphatic heterocycles. The molecule has 1 atom stereocenters. The Bertz CT molecular complexity index is 890. The standard InChI is InChI=1S/C20H22Cl2N2O3S/c1-11-8-17(18(27-4)9-15(11)22)23-19(25)10-28-13(3)20(26)24-16-7-5-6-14(21)12(16)2/h5-9,13H,10H2,1-4H3,(H,23,25)(H,24,26). The topological polar surface area (TPSA) is 67.4 Å². The molecule has 0 radical (unpaired) electrons. The fourth-order valence-electron chi connectivity index (χ4n) is 2.37. The van der Waals surface area contributed by atoms with E-state index >= 15 is 0 Å². The SMILES string of the molecule is COc1cc(Cl)c(C)cc1NC(=O)CSC(C)C(=O)Nc1cccc(Cl)c1C. The van der Waals surface area contributed by atoms with Gasteiger partial charge in [-0.05, 0) is 50.1 Å². The van der Waals surface area contributed by atoms with Crippen molar-refractivity contribution in [1.29, 1.82) is 0 Å². The number of carbonyl (C=O) groups is 2. The number of amides is 2. The minimum atomic E-state index is -0.419. The van der Waals surface area contributed by atoms with Gasteiger partial charge in [-0.25, -0.2) is 0 Å². The number of anilines is 2. The Morgan fingerprint density at radius 2 is 1.82 bits per heavy atom. The van der Waals surface area contributed by atoms with Crippen molar-refractivity contribution in [2.75, 3.05) is 23.5 Å². The molecule has 2 amide bonds. The highest BCUT2D eigenvalue weighted by molar-refractivity contribution is 8.01. The Morgan fingerprint density at radius 3 is 2.50 bits per heavy atom. The van der Waals surface area contributed by atoms with Crippen LogP contribution in [0.3, 0.4) is 0 Å². The van der Waals surface area contributed by atoms with Gasteiger partial charge in [-0.2, -0.15) is 0 Å². The fourth-order valence-corrected chi connectivity index (χ4v) is 3.38. The summed E-state index contributed by atoms with van der Waals surface area (Å²) in [6.45, 7) is 5.43. The summed E-state index contributed by atoms with van der Waals surface area (Å²) in [5.74, 6) is 0.177. The van der Waals surface area contributed by atoms with Gasteiger partial charge in [0.1, 0.15) is 5.75 Å². The van der Waals surface area contributed by atoms with Crippen molar-refractivity contribution in [1.82, 2.24) is 0 Å². The lowest BCUT2D eigenvalue weighted by Gasteiger charge is -2.15. The Kier molecular flexibility index (Phi) is 8.04. The minimum Gasteiger partial charge on any atom is -0.495 e. The number of carbonyl (C=O) groups excluding carboxylic acids is 2. The molecule has 0 saturated heterocycles. The number of rotatable bonds is 7. The summed E-state index contributed by atoms with van der Waals surface area (Å²) in [6.07, 6.45) is 0. The molecule has 0 heterocycles. The van der Waals surface area contributed by atoms with Gasteiger partial charge < -0.3 is 15.4 Å². The third kappa shape index (κ3) is 5.80. The van der Waals surface area contributed by atoms with Crippen LogP contribution in [0.1, 0.15) is 18.1 Å². The monoisotopic (exact) mass is 440 g/mol. The lowest BCUT2D eigenvalue weighted by molar-refractivity contribution is -0.115. The van der Waals surface area contributed by atoms with Gasteiger partial charge in [0.15, 0.2) is 0 Å². The van der Waals surface area contributed by atoms with E-state index in [2.05, 4.69) is 10.6 Å². The molecule has 2 rings (SSSR count). The van der Waals surface area contributed by atoms with Gasteiger partial charge in [0, 0.05) is 21.8 Å². The fraction of sp³-hybridized carbons (Fsp3) is 0.300. The molecule has 0 saturated carbocycles. The van der Waals surface area contributed by atoms with Crippen LogP contribution in [-0.4, -0.2) is 29.9 Å². The van der Waals surface area contributed by atoms with E-state index < -0.39 is 5.25 Å². The highest BCUT2D eigenvalue weighted by Crippen LogP contribution is 2.31. The number of nitrogens with one attached hydrogen (secondary N) is 2. The van der Waals surface area contributed by atoms with Gasteiger partial charge in [-0.3, -0.25) is 9.59 Å². The number of hydrogen-bond acceptors (Lipinski definition) is 4. The summed E-state index contributed by atoms with van der Waals surface area (Å²) in [6, 6.07) is 8.74. The molecule has 0 fully saturated rings. The summed E-state index contributed by atoms with van der Waals surface area (Å²) in [5, 5.41) is 6.37. The first-order valence-corrected chi connectivity index (χ1v) is 10.3. The van der Waals surface area contributed by atoms with E-state index in [4.69, 9.17) is 27.9 Å². The van der Waals surface area contributed by atoms with E-state index in [-0.39, 0.29) is 17.6 Å². The lowest BCUT2D eigenvalue weighted by atomic mass is 10.2. The Hall–Kier alpha value is -1.89. The number of benzene rings is 2. The molecule has 28 heavy (non-hydrogen) atoms. The van der Waals surface area contributed by atoms with Gasteiger partial charge in [-0.1, -0.05) is 29.3 Å². The van der Waals surface area contributed by atoms with Crippen LogP contribution in [0.25, 0.3) is 0 Å². The molecule has 0 spiro atoms. The van der Waals surface area contributed by atoms with Crippen LogP contribution in [0, 0.1) is 13.8 Å². The van der Waals surface area contributed by atoms with E-state index in [9.17, 15) is 9.59 Å². The molecule has 0 aliphatic rings. The van der Waals surface area contributed by atoms with Gasteiger partial charge in [-0.15, -0.1) is 11.8 Å². The van der Waals surface area contributed by atoms with E-state index in [0.29, 0.717) is 27.2 Å². The molecular formula is C20H22Cl2N2O3S. The summed E-state index contributed by atoms with van der Waals surface area (Å²) < 4.78 is 5.25. The Balaban J connectivity index is 1.92. The Labute approximate surface area is 179 Å². The molecule has 2 aromatic carbocycles. The number of aryl methyl sites for hydroxylation is 1. The first-order chi connectivity index (χ1) is 13.2. The molecular weight excluding hydrogens is 419 g/mol. The predicted octanol–water partition coefficient (Wildman–Crippen LogP) is 5.32. The number of halogens is 2. The van der Waals surface area contributed by atoms with Crippen molar-refractivity contribution < 1.29 is 14.3 Å². The average Bonchev–Trinajstić information content (AvgIpc) is 2.66. The molecule has 1 unspecified atom stereocenters. The second-order valence-corrected chi connectivity index (χ2v) is 8.35. The summed E-state index contributed by atoms with van der Waals surface area (Å²) in [4.78, 5) is 24.7. The van der Waals surface area contributed by atoms with Gasteiger partial charge in [0.25, 0.3) is 0 Å². The second kappa shape index (κ2) is 10.0. The minimum absolute atomic E-state index is 0.119. The van der Waals surface area contributed by atoms with E-state index in [1.807, 2.05) is 13.8 Å². The smallest absolute Gasteiger partial charge is 0.237 e. The maximum Gasteiger partial charge on any atom is 0.237 e. The van der Waals surface area contributed by atoms with Crippen molar-refractivity contribution in [2.24, 2.45) is 0 Å². The molecule has 0 aliphatic carbocycles. The summed E-state index contributed by atoms with van der Waals surface area (Å²) in [7, 11) is 1.51. The van der Waals surface area contributed by atoms with Gasteiger partial charge in [0.05, 0.1) is 23.8 Å². The maximum atomic E-state index is 12.4. The van der Waals surface area contributed by atoms with E-state index in [0.717, 1.165) is 11.1 Å². The van der Waals surface area contributed by atoms with Crippen LogP contribution in [-0.2, 0) is 9.59 Å². The number of thioether (sulfide) groups is 1. The highest BCUT2D eigenvalue weighted by atomic mass is 35.5. The zero-order valence-electron chi connectivity index (χ0n) is 16.1. The quantitative estimate of drug-likeness (QED) is 0.611. The predicted molar refractivity (Wildman–Crippen MR) is 118 cm³/mol. The van der Waals surface area contributed by atoms with Crippen molar-refractivity contribution in [2.45, 2.75) is 26.0 Å². The van der Waals surface area contributed by atoms with Crippen LogP contribution in [0.2, 0.25) is 10.0 Å². The Morgan fingerprint density at radius 1 is 1.11 bits per heavy atom. The van der Waals surface area contributed by atoms with E-state index in [1.54, 1.807) is 37.3 Å². The first kappa shape index (κ1) is 22.4. The van der Waals surface area contributed by atoms with Crippen molar-refractivity contribution in [3.63, 3.8) is 0 Å².